The van der Waals surface area contributed by atoms with Crippen molar-refractivity contribution >= 4 is 5.97 Å². The van der Waals surface area contributed by atoms with Crippen molar-refractivity contribution in [3.63, 3.8) is 0 Å². The van der Waals surface area contributed by atoms with Crippen LogP contribution in [0.25, 0.3) is 0 Å². The molecule has 4 rings (SSSR count). The second kappa shape index (κ2) is 21.2. The van der Waals surface area contributed by atoms with E-state index in [4.69, 9.17) is 4.74 Å². The molecule has 0 aromatic rings. The van der Waals surface area contributed by atoms with Gasteiger partial charge in [-0.15, -0.1) is 0 Å². The molecule has 2 heteroatoms. The number of hydrogen-bond acceptors (Lipinski definition) is 2. The van der Waals surface area contributed by atoms with Gasteiger partial charge >= 0.3 is 5.97 Å². The minimum absolute atomic E-state index is 0.0232. The molecule has 0 heterocycles. The molecule has 4 fully saturated rings. The van der Waals surface area contributed by atoms with Gasteiger partial charge in [0.1, 0.15) is 0 Å². The van der Waals surface area contributed by atoms with Crippen molar-refractivity contribution in [2.45, 2.75) is 183 Å². The van der Waals surface area contributed by atoms with Gasteiger partial charge in [0, 0.05) is 6.42 Å². The van der Waals surface area contributed by atoms with Crippen molar-refractivity contribution in [1.29, 1.82) is 0 Å². The summed E-state index contributed by atoms with van der Waals surface area (Å²) in [4.78, 5) is 12.5. The normalized spacial score (nSPS) is 33.1. The molecule has 284 valence electrons. The van der Waals surface area contributed by atoms with E-state index in [1.807, 2.05) is 0 Å². The Bertz CT molecular complexity index is 1100. The van der Waals surface area contributed by atoms with E-state index in [0.29, 0.717) is 35.7 Å². The number of carbonyl (C=O) groups is 1. The van der Waals surface area contributed by atoms with Gasteiger partial charge in [0.05, 0.1) is 6.61 Å². The van der Waals surface area contributed by atoms with Gasteiger partial charge < -0.3 is 4.74 Å². The largest absolute Gasteiger partial charge is 0.465 e. The summed E-state index contributed by atoms with van der Waals surface area (Å²) >= 11 is 0. The van der Waals surface area contributed by atoms with E-state index in [1.54, 1.807) is 0 Å². The molecule has 0 saturated heterocycles. The third-order valence-corrected chi connectivity index (χ3v) is 15.1. The van der Waals surface area contributed by atoms with Crippen molar-refractivity contribution in [1.82, 2.24) is 0 Å². The third kappa shape index (κ3) is 11.5. The lowest BCUT2D eigenvalue weighted by Crippen LogP contribution is -2.53. The van der Waals surface area contributed by atoms with E-state index in [1.165, 1.54) is 103 Å². The number of ether oxygens (including phenoxy) is 1. The molecule has 0 spiro atoms. The summed E-state index contributed by atoms with van der Waals surface area (Å²) in [5.41, 5.74) is 1.22. The molecule has 0 aromatic carbocycles. The maximum Gasteiger partial charge on any atom is 0.305 e. The van der Waals surface area contributed by atoms with E-state index >= 15 is 0 Å². The van der Waals surface area contributed by atoms with Crippen LogP contribution in [-0.4, -0.2) is 12.6 Å². The minimum atomic E-state index is -0.0232. The lowest BCUT2D eigenvalue weighted by atomic mass is 9.44. The predicted octanol–water partition coefficient (Wildman–Crippen LogP) is 14.4. The summed E-state index contributed by atoms with van der Waals surface area (Å²) in [6.45, 7) is 15.5. The quantitative estimate of drug-likeness (QED) is 0.0681. The molecule has 50 heavy (non-hydrogen) atoms. The fraction of sp³-hybridized carbons (Fsp3) is 0.812. The van der Waals surface area contributed by atoms with E-state index in [0.717, 1.165) is 67.6 Å². The van der Waals surface area contributed by atoms with Crippen molar-refractivity contribution in [2.75, 3.05) is 6.61 Å². The van der Waals surface area contributed by atoms with Crippen LogP contribution in [0.5, 0.6) is 0 Å². The molecule has 4 saturated carbocycles. The van der Waals surface area contributed by atoms with Crippen LogP contribution in [0.2, 0.25) is 0 Å². The first-order valence-electron chi connectivity index (χ1n) is 22.0. The van der Waals surface area contributed by atoms with Gasteiger partial charge in [-0.2, -0.15) is 0 Å². The molecule has 0 N–H and O–H groups in total. The zero-order valence-corrected chi connectivity index (χ0v) is 33.8. The number of allylic oxidation sites excluding steroid dienone is 8. The SMILES string of the molecule is CCCCC/C=C\C/C=C\C/C=C\C/C=C\CCCC(=O)OCC(C)[C@@H](C)CC[C@@H](C)[C@H]1CC[C@H]2[C@@H]3CCC4CCCC[C@]4(C)[C@H]3CC[C@]12C. The first-order chi connectivity index (χ1) is 24.2. The van der Waals surface area contributed by atoms with Crippen molar-refractivity contribution in [3.8, 4) is 0 Å². The van der Waals surface area contributed by atoms with Crippen LogP contribution < -0.4 is 0 Å². The smallest absolute Gasteiger partial charge is 0.305 e. The average Bonchev–Trinajstić information content (AvgIpc) is 3.47. The zero-order valence-electron chi connectivity index (χ0n) is 33.8. The van der Waals surface area contributed by atoms with Crippen LogP contribution in [0.1, 0.15) is 183 Å². The Morgan fingerprint density at radius 3 is 2.04 bits per heavy atom. The summed E-state index contributed by atoms with van der Waals surface area (Å²) in [5, 5.41) is 0. The highest BCUT2D eigenvalue weighted by atomic mass is 16.5. The molecule has 0 aliphatic heterocycles. The monoisotopic (exact) mass is 689 g/mol. The molecule has 0 radical (unpaired) electrons. The molecule has 4 aliphatic carbocycles. The molecule has 0 amide bonds. The topological polar surface area (TPSA) is 26.3 Å². The second-order valence-electron chi connectivity index (χ2n) is 18.3. The second-order valence-corrected chi connectivity index (χ2v) is 18.3. The summed E-state index contributed by atoms with van der Waals surface area (Å²) in [6.07, 6.45) is 46.1. The third-order valence-electron chi connectivity index (χ3n) is 15.1. The Labute approximate surface area is 310 Å². The van der Waals surface area contributed by atoms with Crippen LogP contribution in [0.4, 0.5) is 0 Å². The van der Waals surface area contributed by atoms with Crippen molar-refractivity contribution < 1.29 is 9.53 Å². The van der Waals surface area contributed by atoms with E-state index in [-0.39, 0.29) is 5.97 Å². The lowest BCUT2D eigenvalue weighted by Gasteiger charge is -2.61. The Kier molecular flexibility index (Phi) is 17.5. The molecule has 2 nitrogen and oxygen atoms in total. The van der Waals surface area contributed by atoms with Gasteiger partial charge in [-0.05, 0) is 154 Å². The van der Waals surface area contributed by atoms with Gasteiger partial charge in [-0.3, -0.25) is 4.79 Å². The standard InChI is InChI=1S/C48H80O2/c1-7-8-9-10-11-12-13-14-15-16-17-18-19-20-21-22-23-27-46(49)50-37-40(4)38(2)28-29-39(3)43-32-33-44-42-31-30-41-26-24-25-35-47(41,5)45(42)34-36-48(43,44)6/h11-12,14-15,17-18,20-21,38-45H,7-10,13,16,19,22-37H2,1-6H3/b12-11-,15-14-,18-17-,21-20-/t38-,39+,40?,41?,42-,43+,44-,45-,47-,48+/m0/s1. The number of rotatable bonds is 21. The Morgan fingerprint density at radius 2 is 1.34 bits per heavy atom. The van der Waals surface area contributed by atoms with Crippen LogP contribution in [0, 0.1) is 58.2 Å². The molecule has 2 unspecified atom stereocenters. The highest BCUT2D eigenvalue weighted by Crippen LogP contribution is 2.68. The Morgan fingerprint density at radius 1 is 0.680 bits per heavy atom. The van der Waals surface area contributed by atoms with Gasteiger partial charge in [-0.1, -0.05) is 129 Å². The van der Waals surface area contributed by atoms with Gasteiger partial charge in [0.2, 0.25) is 0 Å². The highest BCUT2D eigenvalue weighted by Gasteiger charge is 2.60. The number of unbranched alkanes of at least 4 members (excludes halogenated alkanes) is 4. The van der Waals surface area contributed by atoms with E-state index in [2.05, 4.69) is 90.2 Å². The number of hydrogen-bond donors (Lipinski definition) is 0. The van der Waals surface area contributed by atoms with Crippen LogP contribution in [0.3, 0.4) is 0 Å². The maximum atomic E-state index is 12.5. The van der Waals surface area contributed by atoms with Crippen LogP contribution in [0.15, 0.2) is 48.6 Å². The van der Waals surface area contributed by atoms with E-state index in [9.17, 15) is 4.79 Å². The summed E-state index contributed by atoms with van der Waals surface area (Å²) < 4.78 is 5.76. The lowest BCUT2D eigenvalue weighted by molar-refractivity contribution is -0.145. The molecule has 0 aromatic heterocycles. The first-order valence-corrected chi connectivity index (χ1v) is 22.0. The fourth-order valence-electron chi connectivity index (χ4n) is 11.7. The Balaban J connectivity index is 1.05. The minimum Gasteiger partial charge on any atom is -0.465 e. The summed E-state index contributed by atoms with van der Waals surface area (Å²) in [7, 11) is 0. The summed E-state index contributed by atoms with van der Waals surface area (Å²) in [6, 6.07) is 0. The molecular weight excluding hydrogens is 609 g/mol. The molecular formula is C48H80O2. The molecule has 4 aliphatic rings. The average molecular weight is 689 g/mol. The summed E-state index contributed by atoms with van der Waals surface area (Å²) in [5.74, 6) is 6.72. The van der Waals surface area contributed by atoms with Gasteiger partial charge in [0.25, 0.3) is 0 Å². The molecule has 0 bridgehead atoms. The Hall–Kier alpha value is -1.57. The van der Waals surface area contributed by atoms with E-state index < -0.39 is 0 Å². The first kappa shape index (κ1) is 41.2. The maximum absolute atomic E-state index is 12.5. The van der Waals surface area contributed by atoms with Crippen molar-refractivity contribution in [2.24, 2.45) is 58.2 Å². The number of carbonyl (C=O) groups excluding carboxylic acids is 1. The van der Waals surface area contributed by atoms with Gasteiger partial charge in [-0.25, -0.2) is 0 Å². The van der Waals surface area contributed by atoms with Crippen LogP contribution in [-0.2, 0) is 9.53 Å². The zero-order chi connectivity index (χ0) is 35.8. The number of fused-ring (bicyclic) bond motifs is 5. The predicted molar refractivity (Wildman–Crippen MR) is 216 cm³/mol. The van der Waals surface area contributed by atoms with Gasteiger partial charge in [0.15, 0.2) is 0 Å². The fourth-order valence-corrected chi connectivity index (χ4v) is 11.7. The molecule has 10 atom stereocenters. The van der Waals surface area contributed by atoms with Crippen molar-refractivity contribution in [3.05, 3.63) is 48.6 Å². The highest BCUT2D eigenvalue weighted by molar-refractivity contribution is 5.69. The van der Waals surface area contributed by atoms with Crippen LogP contribution >= 0.6 is 0 Å². The number of esters is 1.